The highest BCUT2D eigenvalue weighted by atomic mass is 16.7. The number of nitrogens with one attached hydrogen (secondary N) is 1. The first kappa shape index (κ1) is 38.7. The number of aliphatic hydroxyl groups excluding tert-OH is 3. The Labute approximate surface area is 254 Å². The molecule has 6 N–H and O–H groups in total. The molecule has 7 atom stereocenters. The minimum absolute atomic E-state index is 0.0961. The predicted octanol–water partition coefficient (Wildman–Crippen LogP) is 2.51. The first-order valence-electron chi connectivity index (χ1n) is 15.6. The molecule has 250 valence electrons. The van der Waals surface area contributed by atoms with Crippen molar-refractivity contribution in [1.82, 2.24) is 5.32 Å². The van der Waals surface area contributed by atoms with Crippen LogP contribution in [-0.4, -0.2) is 98.8 Å². The Morgan fingerprint density at radius 2 is 1.30 bits per heavy atom. The zero-order valence-corrected chi connectivity index (χ0v) is 25.8. The summed E-state index contributed by atoms with van der Waals surface area (Å²) in [4.78, 5) is 44.8. The van der Waals surface area contributed by atoms with Gasteiger partial charge < -0.3 is 45.1 Å². The van der Waals surface area contributed by atoms with Crippen molar-refractivity contribution in [2.24, 2.45) is 5.92 Å². The molecule has 0 radical (unpaired) electrons. The largest absolute Gasteiger partial charge is 0.481 e. The molecule has 1 fully saturated rings. The van der Waals surface area contributed by atoms with Gasteiger partial charge in [-0.1, -0.05) is 71.6 Å². The third-order valence-corrected chi connectivity index (χ3v) is 7.56. The van der Waals surface area contributed by atoms with Gasteiger partial charge in [0.1, 0.15) is 37.1 Å². The van der Waals surface area contributed by atoms with Crippen molar-refractivity contribution in [3.8, 4) is 0 Å². The normalized spacial score (nSPS) is 23.5. The summed E-state index contributed by atoms with van der Waals surface area (Å²) >= 11 is 0. The number of hydrogen-bond donors (Lipinski definition) is 6. The topological polar surface area (TPSA) is 209 Å². The maximum absolute atomic E-state index is 11.7. The van der Waals surface area contributed by atoms with Gasteiger partial charge in [0, 0.05) is 6.42 Å². The number of amides is 1. The number of carboxylic acid groups (broad SMARTS) is 2. The smallest absolute Gasteiger partial charge is 0.325 e. The fourth-order valence-electron chi connectivity index (χ4n) is 4.77. The van der Waals surface area contributed by atoms with Crippen molar-refractivity contribution in [2.75, 3.05) is 6.61 Å². The van der Waals surface area contributed by atoms with Crippen LogP contribution < -0.4 is 5.32 Å². The molecule has 1 saturated heterocycles. The van der Waals surface area contributed by atoms with E-state index in [1.807, 2.05) is 13.8 Å². The summed E-state index contributed by atoms with van der Waals surface area (Å²) in [7, 11) is 0. The molecule has 0 spiro atoms. The highest BCUT2D eigenvalue weighted by Gasteiger charge is 2.45. The van der Waals surface area contributed by atoms with E-state index in [-0.39, 0.29) is 24.3 Å². The number of carbonyl (C=O) groups is 4. The van der Waals surface area contributed by atoms with Crippen molar-refractivity contribution < 1.29 is 58.9 Å². The molecule has 0 aromatic carbocycles. The summed E-state index contributed by atoms with van der Waals surface area (Å²) in [5.74, 6) is -3.08. The third-order valence-electron chi connectivity index (χ3n) is 7.56. The van der Waals surface area contributed by atoms with Crippen molar-refractivity contribution >= 4 is 23.8 Å². The summed E-state index contributed by atoms with van der Waals surface area (Å²) in [5, 5.41) is 51.0. The van der Waals surface area contributed by atoms with Crippen molar-refractivity contribution in [3.63, 3.8) is 0 Å². The SMILES string of the molecule is CC(C)[C@H](CCCCCCCCCCCCC(=O)N[C@@H](C)C(=O)O)O[C@@H]1O[C@H](COC(=O)CCC(=O)O)[C@H](O)[C@H](O)[C@H]1O. The van der Waals surface area contributed by atoms with Crippen molar-refractivity contribution in [2.45, 2.75) is 154 Å². The Hall–Kier alpha value is -2.32. The maximum atomic E-state index is 11.7. The Bertz CT molecular complexity index is 838. The molecule has 13 nitrogen and oxygen atoms in total. The van der Waals surface area contributed by atoms with Gasteiger partial charge in [0.15, 0.2) is 6.29 Å². The highest BCUT2D eigenvalue weighted by Crippen LogP contribution is 2.27. The van der Waals surface area contributed by atoms with Gasteiger partial charge in [-0.05, 0) is 25.7 Å². The molecule has 13 heteroatoms. The standard InChI is InChI=1S/C30H53NO12/c1-19(2)21(14-12-10-8-6-4-5-7-9-11-13-15-23(32)31-20(3)29(39)40)42-30-28(38)27(37)26(36)22(43-30)18-41-25(35)17-16-24(33)34/h19-22,26-28,30,36-38H,4-18H2,1-3H3,(H,31,32)(H,33,34)(H,39,40)/t20-,21-,22+,26-,27-,28+,30+/m0/s1. The molecule has 1 aliphatic rings. The van der Waals surface area contributed by atoms with E-state index < -0.39 is 67.7 Å². The van der Waals surface area contributed by atoms with E-state index in [1.165, 1.54) is 6.92 Å². The number of carbonyl (C=O) groups excluding carboxylic acids is 2. The van der Waals surface area contributed by atoms with E-state index in [0.29, 0.717) is 6.42 Å². The molecule has 0 saturated carbocycles. The average Bonchev–Trinajstić information content (AvgIpc) is 2.94. The van der Waals surface area contributed by atoms with E-state index >= 15 is 0 Å². The van der Waals surface area contributed by atoms with Gasteiger partial charge in [-0.3, -0.25) is 19.2 Å². The molecular weight excluding hydrogens is 566 g/mol. The number of rotatable bonds is 23. The Kier molecular flexibility index (Phi) is 19.3. The van der Waals surface area contributed by atoms with Gasteiger partial charge >= 0.3 is 17.9 Å². The number of hydrogen-bond acceptors (Lipinski definition) is 10. The van der Waals surface area contributed by atoms with E-state index in [1.54, 1.807) is 0 Å². The van der Waals surface area contributed by atoms with Gasteiger partial charge in [0.2, 0.25) is 5.91 Å². The lowest BCUT2D eigenvalue weighted by atomic mass is 9.97. The second kappa shape index (κ2) is 21.4. The average molecular weight is 620 g/mol. The minimum Gasteiger partial charge on any atom is -0.481 e. The van der Waals surface area contributed by atoms with Crippen molar-refractivity contribution in [1.29, 1.82) is 0 Å². The molecule has 43 heavy (non-hydrogen) atoms. The van der Waals surface area contributed by atoms with E-state index in [2.05, 4.69) is 5.32 Å². The van der Waals surface area contributed by atoms with Crippen LogP contribution in [0.5, 0.6) is 0 Å². The highest BCUT2D eigenvalue weighted by molar-refractivity contribution is 5.83. The van der Waals surface area contributed by atoms with E-state index in [9.17, 15) is 34.5 Å². The van der Waals surface area contributed by atoms with Gasteiger partial charge in [-0.15, -0.1) is 0 Å². The van der Waals surface area contributed by atoms with Crippen LogP contribution in [0.3, 0.4) is 0 Å². The Morgan fingerprint density at radius 3 is 1.84 bits per heavy atom. The quantitative estimate of drug-likeness (QED) is 0.0720. The Balaban J connectivity index is 2.26. The third kappa shape index (κ3) is 16.4. The Morgan fingerprint density at radius 1 is 0.744 bits per heavy atom. The molecule has 1 aliphatic heterocycles. The zero-order chi connectivity index (χ0) is 32.4. The molecule has 0 bridgehead atoms. The monoisotopic (exact) mass is 619 g/mol. The van der Waals surface area contributed by atoms with Crippen LogP contribution in [0.2, 0.25) is 0 Å². The second-order valence-corrected chi connectivity index (χ2v) is 11.7. The molecule has 0 aliphatic carbocycles. The second-order valence-electron chi connectivity index (χ2n) is 11.7. The molecular formula is C30H53NO12. The molecule has 0 unspecified atom stereocenters. The zero-order valence-electron chi connectivity index (χ0n) is 25.8. The van der Waals surface area contributed by atoms with Gasteiger partial charge in [0.25, 0.3) is 0 Å². The summed E-state index contributed by atoms with van der Waals surface area (Å²) in [6, 6.07) is -0.864. The number of aliphatic carboxylic acids is 2. The lowest BCUT2D eigenvalue weighted by Gasteiger charge is -2.41. The van der Waals surface area contributed by atoms with Crippen molar-refractivity contribution in [3.05, 3.63) is 0 Å². The molecule has 1 rings (SSSR count). The van der Waals surface area contributed by atoms with Gasteiger partial charge in [-0.25, -0.2) is 0 Å². The van der Waals surface area contributed by atoms with E-state index in [4.69, 9.17) is 24.4 Å². The minimum atomic E-state index is -1.57. The lowest BCUT2D eigenvalue weighted by molar-refractivity contribution is -0.315. The fourth-order valence-corrected chi connectivity index (χ4v) is 4.77. The number of carboxylic acids is 2. The number of unbranched alkanes of at least 4 members (excludes halogenated alkanes) is 9. The van der Waals surface area contributed by atoms with Crippen LogP contribution in [0.25, 0.3) is 0 Å². The molecule has 0 aromatic rings. The summed E-state index contributed by atoms with van der Waals surface area (Å²) in [6.07, 6.45) is 3.34. The van der Waals surface area contributed by atoms with Crippen LogP contribution >= 0.6 is 0 Å². The van der Waals surface area contributed by atoms with Crippen LogP contribution in [0.1, 0.15) is 111 Å². The summed E-state index contributed by atoms with van der Waals surface area (Å²) < 4.78 is 16.7. The van der Waals surface area contributed by atoms with Crippen LogP contribution in [0.15, 0.2) is 0 Å². The molecule has 0 aromatic heterocycles. The lowest BCUT2D eigenvalue weighted by Crippen LogP contribution is -2.60. The maximum Gasteiger partial charge on any atom is 0.325 e. The number of esters is 1. The first-order valence-corrected chi connectivity index (χ1v) is 15.6. The molecule has 1 amide bonds. The van der Waals surface area contributed by atoms with E-state index in [0.717, 1.165) is 70.6 Å². The van der Waals surface area contributed by atoms with Crippen LogP contribution in [0, 0.1) is 5.92 Å². The first-order chi connectivity index (χ1) is 20.3. The van der Waals surface area contributed by atoms with Crippen LogP contribution in [-0.2, 0) is 33.4 Å². The summed E-state index contributed by atoms with van der Waals surface area (Å²) in [6.45, 7) is 5.00. The predicted molar refractivity (Wildman–Crippen MR) is 155 cm³/mol. The fraction of sp³-hybridized carbons (Fsp3) is 0.867. The van der Waals surface area contributed by atoms with Crippen LogP contribution in [0.4, 0.5) is 0 Å². The van der Waals surface area contributed by atoms with Gasteiger partial charge in [-0.2, -0.15) is 0 Å². The summed E-state index contributed by atoms with van der Waals surface area (Å²) in [5.41, 5.74) is 0. The number of ether oxygens (including phenoxy) is 3. The number of aliphatic hydroxyl groups is 3. The molecule has 1 heterocycles. The van der Waals surface area contributed by atoms with Gasteiger partial charge in [0.05, 0.1) is 18.9 Å².